The third kappa shape index (κ3) is 4.84. The van der Waals surface area contributed by atoms with Gasteiger partial charge in [-0.15, -0.1) is 0 Å². The topological polar surface area (TPSA) is 46.7 Å². The summed E-state index contributed by atoms with van der Waals surface area (Å²) in [4.78, 5) is 1.66. The molecule has 0 aromatic heterocycles. The van der Waals surface area contributed by atoms with Crippen molar-refractivity contribution in [3.05, 3.63) is 29.8 Å². The smallest absolute Gasteiger partial charge is 0.137 e. The Kier molecular flexibility index (Phi) is 6.36. The molecule has 0 amide bonds. The Morgan fingerprint density at radius 1 is 1.05 bits per heavy atom. The van der Waals surface area contributed by atoms with Crippen molar-refractivity contribution in [3.8, 4) is 11.8 Å². The van der Waals surface area contributed by atoms with Crippen LogP contribution in [0.3, 0.4) is 0 Å². The first-order chi connectivity index (χ1) is 9.90. The minimum absolute atomic E-state index is 0.494. The first-order valence-electron chi connectivity index (χ1n) is 7.43. The molecule has 20 heavy (non-hydrogen) atoms. The lowest BCUT2D eigenvalue weighted by Gasteiger charge is -2.23. The average Bonchev–Trinajstić information content (AvgIpc) is 2.52. The lowest BCUT2D eigenvalue weighted by Crippen LogP contribution is -3.13. The second-order valence-electron chi connectivity index (χ2n) is 5.13. The molecule has 1 saturated heterocycles. The number of piperidine rings is 1. The van der Waals surface area contributed by atoms with Gasteiger partial charge in [0, 0.05) is 0 Å². The molecule has 0 bridgehead atoms. The number of nitrogens with zero attached hydrogens (tertiary/aromatic N) is 1. The van der Waals surface area contributed by atoms with Crippen LogP contribution in [0.2, 0.25) is 0 Å². The Morgan fingerprint density at radius 2 is 1.85 bits per heavy atom. The van der Waals surface area contributed by atoms with Crippen molar-refractivity contribution in [2.75, 3.05) is 39.5 Å². The summed E-state index contributed by atoms with van der Waals surface area (Å²) in [5.74, 6) is 0.639. The minimum Gasteiger partial charge on any atom is -0.490 e. The fourth-order valence-electron chi connectivity index (χ4n) is 2.52. The van der Waals surface area contributed by atoms with Gasteiger partial charge in [0.05, 0.1) is 31.9 Å². The summed E-state index contributed by atoms with van der Waals surface area (Å²) in [6, 6.07) is 9.41. The maximum Gasteiger partial charge on any atom is 0.137 e. The molecule has 0 aliphatic carbocycles. The number of ether oxygens (including phenoxy) is 2. The van der Waals surface area contributed by atoms with E-state index in [0.717, 1.165) is 13.2 Å². The number of likely N-dealkylation sites (tertiary alicyclic amines) is 1. The van der Waals surface area contributed by atoms with Gasteiger partial charge in [-0.25, -0.2) is 0 Å². The van der Waals surface area contributed by atoms with Gasteiger partial charge in [-0.05, 0) is 31.4 Å². The van der Waals surface area contributed by atoms with E-state index in [2.05, 4.69) is 6.07 Å². The van der Waals surface area contributed by atoms with Crippen molar-refractivity contribution >= 4 is 0 Å². The number of quaternary nitrogens is 1. The van der Waals surface area contributed by atoms with E-state index in [1.807, 2.05) is 18.2 Å². The highest BCUT2D eigenvalue weighted by atomic mass is 16.5. The molecule has 0 spiro atoms. The second-order valence-corrected chi connectivity index (χ2v) is 5.13. The van der Waals surface area contributed by atoms with Crippen LogP contribution in [0.5, 0.6) is 5.75 Å². The molecule has 4 heteroatoms. The number of hydrogen-bond donors (Lipinski definition) is 1. The van der Waals surface area contributed by atoms with Crippen molar-refractivity contribution in [2.45, 2.75) is 19.3 Å². The quantitative estimate of drug-likeness (QED) is 0.756. The van der Waals surface area contributed by atoms with E-state index in [9.17, 15) is 0 Å². The molecule has 2 rings (SSSR count). The predicted octanol–water partition coefficient (Wildman–Crippen LogP) is 1.02. The van der Waals surface area contributed by atoms with E-state index in [0.29, 0.717) is 24.5 Å². The minimum atomic E-state index is 0.494. The summed E-state index contributed by atoms with van der Waals surface area (Å²) in [6.45, 7) is 5.53. The number of nitriles is 1. The molecule has 0 saturated carbocycles. The molecule has 108 valence electrons. The van der Waals surface area contributed by atoms with Crippen LogP contribution in [0.1, 0.15) is 24.8 Å². The number of benzene rings is 1. The molecular weight excluding hydrogens is 252 g/mol. The molecule has 4 nitrogen and oxygen atoms in total. The van der Waals surface area contributed by atoms with Gasteiger partial charge in [0.1, 0.15) is 25.0 Å². The lowest BCUT2D eigenvalue weighted by atomic mass is 10.1. The van der Waals surface area contributed by atoms with Crippen molar-refractivity contribution in [3.63, 3.8) is 0 Å². The van der Waals surface area contributed by atoms with Crippen molar-refractivity contribution in [1.82, 2.24) is 0 Å². The largest absolute Gasteiger partial charge is 0.490 e. The fourth-order valence-corrected chi connectivity index (χ4v) is 2.52. The maximum absolute atomic E-state index is 8.94. The molecule has 0 atom stereocenters. The van der Waals surface area contributed by atoms with Crippen LogP contribution in [-0.2, 0) is 4.74 Å². The van der Waals surface area contributed by atoms with Gasteiger partial charge < -0.3 is 14.4 Å². The van der Waals surface area contributed by atoms with Gasteiger partial charge >= 0.3 is 0 Å². The molecule has 1 aliphatic heterocycles. The van der Waals surface area contributed by atoms with Crippen LogP contribution >= 0.6 is 0 Å². The predicted molar refractivity (Wildman–Crippen MR) is 76.9 cm³/mol. The monoisotopic (exact) mass is 275 g/mol. The third-order valence-corrected chi connectivity index (χ3v) is 3.65. The summed E-state index contributed by atoms with van der Waals surface area (Å²) in [5.41, 5.74) is 0.574. The molecular formula is C16H23N2O2+. The van der Waals surface area contributed by atoms with E-state index >= 15 is 0 Å². The number of para-hydroxylation sites is 1. The van der Waals surface area contributed by atoms with Crippen LogP contribution in [0.15, 0.2) is 24.3 Å². The van der Waals surface area contributed by atoms with Crippen LogP contribution in [0.25, 0.3) is 0 Å². The summed E-state index contributed by atoms with van der Waals surface area (Å²) in [7, 11) is 0. The SMILES string of the molecule is N#Cc1ccccc1OCCOCC[NH+]1CCCCC1. The molecule has 1 aromatic rings. The van der Waals surface area contributed by atoms with Crippen molar-refractivity contribution in [1.29, 1.82) is 5.26 Å². The Bertz CT molecular complexity index is 436. The van der Waals surface area contributed by atoms with E-state index in [-0.39, 0.29) is 0 Å². The average molecular weight is 275 g/mol. The molecule has 0 radical (unpaired) electrons. The molecule has 1 N–H and O–H groups in total. The zero-order valence-corrected chi connectivity index (χ0v) is 11.9. The first kappa shape index (κ1) is 14.8. The van der Waals surface area contributed by atoms with Crippen LogP contribution in [0, 0.1) is 11.3 Å². The lowest BCUT2D eigenvalue weighted by molar-refractivity contribution is -0.905. The number of rotatable bonds is 7. The molecule has 1 aliphatic rings. The van der Waals surface area contributed by atoms with Gasteiger partial charge in [0.2, 0.25) is 0 Å². The fraction of sp³-hybridized carbons (Fsp3) is 0.562. The highest BCUT2D eigenvalue weighted by Crippen LogP contribution is 2.15. The highest BCUT2D eigenvalue weighted by molar-refractivity contribution is 5.42. The Hall–Kier alpha value is -1.57. The zero-order valence-electron chi connectivity index (χ0n) is 11.9. The van der Waals surface area contributed by atoms with E-state index in [1.165, 1.54) is 32.4 Å². The molecule has 0 unspecified atom stereocenters. The van der Waals surface area contributed by atoms with Crippen LogP contribution in [0.4, 0.5) is 0 Å². The number of nitrogens with one attached hydrogen (secondary N) is 1. The molecule has 1 heterocycles. The normalized spacial score (nSPS) is 15.8. The van der Waals surface area contributed by atoms with Gasteiger partial charge in [0.25, 0.3) is 0 Å². The standard InChI is InChI=1S/C16H22N2O2/c17-14-15-6-2-3-7-16(15)20-13-12-19-11-10-18-8-4-1-5-9-18/h2-3,6-7H,1,4-5,8-13H2/p+1. The second kappa shape index (κ2) is 8.57. The first-order valence-corrected chi connectivity index (χ1v) is 7.43. The van der Waals surface area contributed by atoms with Gasteiger partial charge in [-0.1, -0.05) is 12.1 Å². The Morgan fingerprint density at radius 3 is 2.65 bits per heavy atom. The maximum atomic E-state index is 8.94. The Labute approximate surface area is 120 Å². The summed E-state index contributed by atoms with van der Waals surface area (Å²) in [6.07, 6.45) is 4.09. The zero-order chi connectivity index (χ0) is 14.0. The van der Waals surface area contributed by atoms with Gasteiger partial charge in [-0.3, -0.25) is 0 Å². The Balaban J connectivity index is 1.56. The van der Waals surface area contributed by atoms with E-state index in [4.69, 9.17) is 14.7 Å². The number of hydrogen-bond acceptors (Lipinski definition) is 3. The third-order valence-electron chi connectivity index (χ3n) is 3.65. The molecule has 1 aromatic carbocycles. The summed E-state index contributed by atoms with van der Waals surface area (Å²) >= 11 is 0. The van der Waals surface area contributed by atoms with E-state index in [1.54, 1.807) is 11.0 Å². The van der Waals surface area contributed by atoms with Crippen molar-refractivity contribution in [2.24, 2.45) is 0 Å². The van der Waals surface area contributed by atoms with Crippen LogP contribution < -0.4 is 9.64 Å². The summed E-state index contributed by atoms with van der Waals surface area (Å²) in [5, 5.41) is 8.94. The molecule has 1 fully saturated rings. The van der Waals surface area contributed by atoms with E-state index < -0.39 is 0 Å². The highest BCUT2D eigenvalue weighted by Gasteiger charge is 2.12. The van der Waals surface area contributed by atoms with Gasteiger partial charge in [-0.2, -0.15) is 5.26 Å². The van der Waals surface area contributed by atoms with Crippen molar-refractivity contribution < 1.29 is 14.4 Å². The van der Waals surface area contributed by atoms with Crippen LogP contribution in [-0.4, -0.2) is 39.5 Å². The van der Waals surface area contributed by atoms with Gasteiger partial charge in [0.15, 0.2) is 0 Å². The summed E-state index contributed by atoms with van der Waals surface area (Å²) < 4.78 is 11.2.